The van der Waals surface area contributed by atoms with Crippen molar-refractivity contribution in [1.29, 1.82) is 0 Å². The number of carbonyl (C=O) groups is 3. The summed E-state index contributed by atoms with van der Waals surface area (Å²) in [5, 5.41) is 2.82. The van der Waals surface area contributed by atoms with Gasteiger partial charge in [-0.15, -0.1) is 0 Å². The number of amides is 3. The monoisotopic (exact) mass is 471 g/mol. The molecule has 0 saturated heterocycles. The van der Waals surface area contributed by atoms with Gasteiger partial charge < -0.3 is 10.2 Å². The Kier molecular flexibility index (Phi) is 7.86. The van der Waals surface area contributed by atoms with Crippen molar-refractivity contribution in [1.82, 2.24) is 14.5 Å². The molecular formula is C24H29N3O5S. The molecule has 1 aliphatic rings. The number of nitrogens with one attached hydrogen (secondary N) is 1. The van der Waals surface area contributed by atoms with Crippen LogP contribution in [0.15, 0.2) is 59.5 Å². The van der Waals surface area contributed by atoms with E-state index in [-0.39, 0.29) is 48.2 Å². The number of fused-ring (bicyclic) bond motifs is 1. The van der Waals surface area contributed by atoms with Gasteiger partial charge in [-0.25, -0.2) is 12.7 Å². The van der Waals surface area contributed by atoms with E-state index in [1.165, 1.54) is 17.0 Å². The van der Waals surface area contributed by atoms with Gasteiger partial charge in [0, 0.05) is 26.1 Å². The maximum Gasteiger partial charge on any atom is 0.269 e. The number of rotatable bonds is 10. The molecule has 0 radical (unpaired) electrons. The largest absolute Gasteiger partial charge is 0.354 e. The summed E-state index contributed by atoms with van der Waals surface area (Å²) in [4.78, 5) is 39.7. The van der Waals surface area contributed by atoms with Crippen LogP contribution in [0.4, 0.5) is 0 Å². The second-order valence-electron chi connectivity index (χ2n) is 7.96. The molecule has 2 aromatic rings. The number of hydrogen-bond donors (Lipinski definition) is 1. The SMILES string of the molecule is CCCNC(=O)[C@H](C)N(Cc1ccccc1)C(=O)CCCN1C(=O)c2ccccc2S1(=O)=O. The van der Waals surface area contributed by atoms with Gasteiger partial charge in [0.15, 0.2) is 0 Å². The summed E-state index contributed by atoms with van der Waals surface area (Å²) >= 11 is 0. The quantitative estimate of drug-likeness (QED) is 0.574. The highest BCUT2D eigenvalue weighted by Crippen LogP contribution is 2.30. The zero-order chi connectivity index (χ0) is 24.0. The third kappa shape index (κ3) is 5.42. The average Bonchev–Trinajstić information content (AvgIpc) is 3.01. The van der Waals surface area contributed by atoms with Crippen molar-refractivity contribution in [3.05, 3.63) is 65.7 Å². The number of carbonyl (C=O) groups excluding carboxylic acids is 3. The van der Waals surface area contributed by atoms with E-state index in [4.69, 9.17) is 0 Å². The highest BCUT2D eigenvalue weighted by molar-refractivity contribution is 7.90. The molecule has 1 aliphatic heterocycles. The first-order valence-electron chi connectivity index (χ1n) is 11.0. The molecular weight excluding hydrogens is 442 g/mol. The lowest BCUT2D eigenvalue weighted by Gasteiger charge is -2.29. The molecule has 1 atom stereocenters. The van der Waals surface area contributed by atoms with E-state index in [0.717, 1.165) is 16.3 Å². The maximum absolute atomic E-state index is 13.1. The van der Waals surface area contributed by atoms with Crippen molar-refractivity contribution in [3.63, 3.8) is 0 Å². The van der Waals surface area contributed by atoms with Crippen LogP contribution in [0.2, 0.25) is 0 Å². The fourth-order valence-electron chi connectivity index (χ4n) is 3.73. The molecule has 176 valence electrons. The van der Waals surface area contributed by atoms with Crippen molar-refractivity contribution in [2.24, 2.45) is 0 Å². The lowest BCUT2D eigenvalue weighted by atomic mass is 10.1. The molecule has 0 spiro atoms. The van der Waals surface area contributed by atoms with Crippen molar-refractivity contribution in [2.45, 2.75) is 50.6 Å². The van der Waals surface area contributed by atoms with Gasteiger partial charge in [0.2, 0.25) is 11.8 Å². The van der Waals surface area contributed by atoms with Gasteiger partial charge in [0.1, 0.15) is 10.9 Å². The van der Waals surface area contributed by atoms with Crippen LogP contribution in [0.5, 0.6) is 0 Å². The summed E-state index contributed by atoms with van der Waals surface area (Å²) in [7, 11) is -3.91. The molecule has 0 saturated carbocycles. The smallest absolute Gasteiger partial charge is 0.269 e. The van der Waals surface area contributed by atoms with Gasteiger partial charge in [0.05, 0.1) is 5.56 Å². The Bertz CT molecular complexity index is 1120. The van der Waals surface area contributed by atoms with Crippen LogP contribution in [0.1, 0.15) is 49.0 Å². The fraction of sp³-hybridized carbons (Fsp3) is 0.375. The van der Waals surface area contributed by atoms with Crippen molar-refractivity contribution < 1.29 is 22.8 Å². The zero-order valence-electron chi connectivity index (χ0n) is 18.9. The van der Waals surface area contributed by atoms with Gasteiger partial charge in [-0.3, -0.25) is 14.4 Å². The van der Waals surface area contributed by atoms with E-state index >= 15 is 0 Å². The molecule has 33 heavy (non-hydrogen) atoms. The zero-order valence-corrected chi connectivity index (χ0v) is 19.7. The highest BCUT2D eigenvalue weighted by Gasteiger charge is 2.40. The molecule has 0 aliphatic carbocycles. The maximum atomic E-state index is 13.1. The molecule has 0 aromatic heterocycles. The average molecular weight is 472 g/mol. The number of benzene rings is 2. The minimum atomic E-state index is -3.91. The molecule has 3 rings (SSSR count). The second-order valence-corrected chi connectivity index (χ2v) is 9.79. The number of nitrogens with zero attached hydrogens (tertiary/aromatic N) is 2. The molecule has 9 heteroatoms. The van der Waals surface area contributed by atoms with Crippen LogP contribution in [-0.2, 0) is 26.2 Å². The molecule has 0 unspecified atom stereocenters. The lowest BCUT2D eigenvalue weighted by Crippen LogP contribution is -2.47. The first-order valence-corrected chi connectivity index (χ1v) is 12.5. The minimum Gasteiger partial charge on any atom is -0.354 e. The standard InChI is InChI=1S/C24H29N3O5S/c1-3-15-25-23(29)18(2)26(17-19-10-5-4-6-11-19)22(28)14-9-16-27-24(30)20-12-7-8-13-21(20)33(27,31)32/h4-8,10-13,18H,3,9,14-17H2,1-2H3,(H,25,29)/t18-/m0/s1. The Morgan fingerprint density at radius 1 is 1.06 bits per heavy atom. The van der Waals surface area contributed by atoms with Crippen LogP contribution in [0.3, 0.4) is 0 Å². The van der Waals surface area contributed by atoms with Crippen LogP contribution in [0.25, 0.3) is 0 Å². The Labute approximate surface area is 194 Å². The van der Waals surface area contributed by atoms with Crippen LogP contribution in [-0.4, -0.2) is 54.5 Å². The topological polar surface area (TPSA) is 104 Å². The van der Waals surface area contributed by atoms with Crippen LogP contribution in [0, 0.1) is 0 Å². The van der Waals surface area contributed by atoms with Gasteiger partial charge in [-0.05, 0) is 37.5 Å². The van der Waals surface area contributed by atoms with Gasteiger partial charge >= 0.3 is 0 Å². The summed E-state index contributed by atoms with van der Waals surface area (Å²) in [6.45, 7) is 4.30. The Balaban J connectivity index is 1.68. The molecule has 8 nitrogen and oxygen atoms in total. The van der Waals surface area contributed by atoms with Gasteiger partial charge in [-0.2, -0.15) is 0 Å². The predicted molar refractivity (Wildman–Crippen MR) is 124 cm³/mol. The van der Waals surface area contributed by atoms with Crippen LogP contribution >= 0.6 is 0 Å². The number of sulfonamides is 1. The van der Waals surface area contributed by atoms with E-state index < -0.39 is 22.0 Å². The summed E-state index contributed by atoms with van der Waals surface area (Å²) in [6, 6.07) is 14.7. The third-order valence-corrected chi connectivity index (χ3v) is 7.42. The second kappa shape index (κ2) is 10.6. The van der Waals surface area contributed by atoms with E-state index in [9.17, 15) is 22.8 Å². The number of hydrogen-bond acceptors (Lipinski definition) is 5. The van der Waals surface area contributed by atoms with Gasteiger partial charge in [-0.1, -0.05) is 49.4 Å². The first kappa shape index (κ1) is 24.4. The van der Waals surface area contributed by atoms with Crippen molar-refractivity contribution in [2.75, 3.05) is 13.1 Å². The Morgan fingerprint density at radius 3 is 2.39 bits per heavy atom. The highest BCUT2D eigenvalue weighted by atomic mass is 32.2. The molecule has 0 bridgehead atoms. The van der Waals surface area contributed by atoms with Gasteiger partial charge in [0.25, 0.3) is 15.9 Å². The van der Waals surface area contributed by atoms with E-state index in [1.54, 1.807) is 19.1 Å². The summed E-state index contributed by atoms with van der Waals surface area (Å²) in [6.07, 6.45) is 0.950. The minimum absolute atomic E-state index is 0.00625. The summed E-state index contributed by atoms with van der Waals surface area (Å²) in [5.41, 5.74) is 1.03. The van der Waals surface area contributed by atoms with E-state index in [1.807, 2.05) is 37.3 Å². The summed E-state index contributed by atoms with van der Waals surface area (Å²) < 4.78 is 26.2. The Hall–Kier alpha value is -3.20. The molecule has 2 aromatic carbocycles. The van der Waals surface area contributed by atoms with E-state index in [2.05, 4.69) is 5.32 Å². The molecule has 1 heterocycles. The fourth-order valence-corrected chi connectivity index (χ4v) is 5.34. The molecule has 3 amide bonds. The predicted octanol–water partition coefficient (Wildman–Crippen LogP) is 2.55. The summed E-state index contributed by atoms with van der Waals surface area (Å²) in [5.74, 6) is -1.10. The third-order valence-electron chi connectivity index (χ3n) is 5.58. The van der Waals surface area contributed by atoms with Crippen molar-refractivity contribution in [3.8, 4) is 0 Å². The first-order chi connectivity index (χ1) is 15.8. The normalized spacial score (nSPS) is 15.1. The molecule has 1 N–H and O–H groups in total. The van der Waals surface area contributed by atoms with Crippen molar-refractivity contribution >= 4 is 27.7 Å². The lowest BCUT2D eigenvalue weighted by molar-refractivity contribution is -0.140. The van der Waals surface area contributed by atoms with E-state index in [0.29, 0.717) is 6.54 Å². The Morgan fingerprint density at radius 2 is 1.73 bits per heavy atom. The molecule has 0 fully saturated rings. The van der Waals surface area contributed by atoms with Crippen LogP contribution < -0.4 is 5.32 Å².